The summed E-state index contributed by atoms with van der Waals surface area (Å²) in [6, 6.07) is 5.39. The molecule has 2 aromatic heterocycles. The predicted octanol–water partition coefficient (Wildman–Crippen LogP) is 4.88. The van der Waals surface area contributed by atoms with E-state index in [0.29, 0.717) is 36.3 Å². The minimum atomic E-state index is -0.659. The van der Waals surface area contributed by atoms with Crippen molar-refractivity contribution in [2.24, 2.45) is 5.92 Å². The molecule has 0 radical (unpaired) electrons. The molecule has 1 aliphatic rings. The van der Waals surface area contributed by atoms with Gasteiger partial charge in [0.15, 0.2) is 5.69 Å². The fourth-order valence-electron chi connectivity index (χ4n) is 4.25. The number of ether oxygens (including phenoxy) is 2. The maximum absolute atomic E-state index is 14.1. The third-order valence-corrected chi connectivity index (χ3v) is 6.53. The van der Waals surface area contributed by atoms with E-state index < -0.39 is 17.6 Å². The van der Waals surface area contributed by atoms with Gasteiger partial charge in [0.25, 0.3) is 0 Å². The summed E-state index contributed by atoms with van der Waals surface area (Å²) in [7, 11) is 1.28. The molecule has 0 saturated carbocycles. The van der Waals surface area contributed by atoms with E-state index in [9.17, 15) is 18.4 Å². The highest BCUT2D eigenvalue weighted by atomic mass is 19.1. The van der Waals surface area contributed by atoms with Crippen LogP contribution < -0.4 is 10.6 Å². The first kappa shape index (κ1) is 25.6. The van der Waals surface area contributed by atoms with Gasteiger partial charge in [-0.15, -0.1) is 0 Å². The second-order valence-electron chi connectivity index (χ2n) is 8.91. The summed E-state index contributed by atoms with van der Waals surface area (Å²) in [6.07, 6.45) is 3.79. The number of aromatic nitrogens is 2. The number of carbonyl (C=O) groups excluding carboxylic acids is 2. The molecular formula is C26H30F2N4O4. The van der Waals surface area contributed by atoms with Crippen molar-refractivity contribution in [3.8, 4) is 0 Å². The topological polar surface area (TPSA) is 94.5 Å². The Morgan fingerprint density at radius 1 is 1.31 bits per heavy atom. The van der Waals surface area contributed by atoms with Gasteiger partial charge in [-0.3, -0.25) is 4.79 Å². The molecule has 1 aliphatic heterocycles. The zero-order valence-electron chi connectivity index (χ0n) is 20.6. The van der Waals surface area contributed by atoms with Crippen LogP contribution in [0.3, 0.4) is 0 Å². The van der Waals surface area contributed by atoms with Crippen molar-refractivity contribution in [3.63, 3.8) is 0 Å². The van der Waals surface area contributed by atoms with Crippen molar-refractivity contribution in [2.45, 2.75) is 52.3 Å². The molecule has 1 amide bonds. The zero-order chi connectivity index (χ0) is 25.8. The van der Waals surface area contributed by atoms with Gasteiger partial charge in [-0.05, 0) is 37.5 Å². The molecule has 2 unspecified atom stereocenters. The highest BCUT2D eigenvalue weighted by Gasteiger charge is 2.29. The van der Waals surface area contributed by atoms with Gasteiger partial charge in [-0.25, -0.2) is 18.6 Å². The van der Waals surface area contributed by atoms with Crippen LogP contribution in [0.1, 0.15) is 49.2 Å². The summed E-state index contributed by atoms with van der Waals surface area (Å²) in [5, 5.41) is 6.39. The van der Waals surface area contributed by atoms with Crippen LogP contribution in [0.4, 0.5) is 20.2 Å². The summed E-state index contributed by atoms with van der Waals surface area (Å²) in [4.78, 5) is 30.3. The van der Waals surface area contributed by atoms with E-state index in [0.717, 1.165) is 12.8 Å². The Morgan fingerprint density at radius 2 is 2.06 bits per heavy atom. The van der Waals surface area contributed by atoms with E-state index in [1.54, 1.807) is 17.6 Å². The van der Waals surface area contributed by atoms with Gasteiger partial charge >= 0.3 is 5.97 Å². The lowest BCUT2D eigenvalue weighted by Crippen LogP contribution is -2.23. The molecule has 0 bridgehead atoms. The van der Waals surface area contributed by atoms with Gasteiger partial charge in [-0.2, -0.15) is 0 Å². The number of hydrogen-bond acceptors (Lipinski definition) is 6. The fourth-order valence-corrected chi connectivity index (χ4v) is 4.25. The van der Waals surface area contributed by atoms with Crippen LogP contribution in [0, 0.1) is 17.6 Å². The second-order valence-corrected chi connectivity index (χ2v) is 8.91. The molecule has 2 N–H and O–H groups in total. The Morgan fingerprint density at radius 3 is 2.69 bits per heavy atom. The standard InChI is InChI=1S/C26H30F2N4O4/c1-4-15(2)25(33)31-22-18-11-16(29-13-19-20(27)8-5-9-21(19)28)12-30-24(18)32(23(22)26(34)35-3)14-17-7-6-10-36-17/h5,8-9,11-12,15,17,29H,4,6-7,10,13-14H2,1-3H3,(H,31,33). The van der Waals surface area contributed by atoms with Gasteiger partial charge in [-0.1, -0.05) is 19.9 Å². The van der Waals surface area contributed by atoms with Gasteiger partial charge in [0.1, 0.15) is 17.3 Å². The van der Waals surface area contributed by atoms with Crippen LogP contribution >= 0.6 is 0 Å². The molecule has 3 aromatic rings. The maximum atomic E-state index is 14.1. The first-order valence-corrected chi connectivity index (χ1v) is 12.0. The number of anilines is 2. The third kappa shape index (κ3) is 5.18. The Balaban J connectivity index is 1.78. The lowest BCUT2D eigenvalue weighted by Gasteiger charge is -2.15. The Labute approximate surface area is 208 Å². The molecule has 3 heterocycles. The van der Waals surface area contributed by atoms with Gasteiger partial charge < -0.3 is 24.7 Å². The lowest BCUT2D eigenvalue weighted by molar-refractivity contribution is -0.119. The third-order valence-electron chi connectivity index (χ3n) is 6.53. The second kappa shape index (κ2) is 11.0. The first-order chi connectivity index (χ1) is 17.3. The molecule has 192 valence electrons. The number of nitrogens with one attached hydrogen (secondary N) is 2. The minimum Gasteiger partial charge on any atom is -0.464 e. The van der Waals surface area contributed by atoms with Crippen molar-refractivity contribution in [1.29, 1.82) is 0 Å². The molecule has 1 saturated heterocycles. The van der Waals surface area contributed by atoms with Crippen LogP contribution in [0.15, 0.2) is 30.5 Å². The molecule has 2 atom stereocenters. The molecule has 0 aliphatic carbocycles. The van der Waals surface area contributed by atoms with Crippen LogP contribution in [0.2, 0.25) is 0 Å². The van der Waals surface area contributed by atoms with Gasteiger partial charge in [0, 0.05) is 30.0 Å². The number of pyridine rings is 1. The number of halogens is 2. The van der Waals surface area contributed by atoms with Crippen molar-refractivity contribution < 1.29 is 27.8 Å². The number of methoxy groups -OCH3 is 1. The van der Waals surface area contributed by atoms with Gasteiger partial charge in [0.05, 0.1) is 37.3 Å². The lowest BCUT2D eigenvalue weighted by atomic mass is 10.1. The van der Waals surface area contributed by atoms with E-state index in [1.807, 2.05) is 6.92 Å². The van der Waals surface area contributed by atoms with Crippen molar-refractivity contribution in [2.75, 3.05) is 24.4 Å². The number of amides is 1. The first-order valence-electron chi connectivity index (χ1n) is 12.0. The van der Waals surface area contributed by atoms with Crippen LogP contribution in [-0.4, -0.2) is 41.2 Å². The van der Waals surface area contributed by atoms with E-state index in [-0.39, 0.29) is 41.4 Å². The quantitative estimate of drug-likeness (QED) is 0.407. The average molecular weight is 501 g/mol. The molecule has 4 rings (SSSR count). The Kier molecular flexibility index (Phi) is 7.83. The number of nitrogens with zero attached hydrogens (tertiary/aromatic N) is 2. The van der Waals surface area contributed by atoms with E-state index >= 15 is 0 Å². The molecule has 0 spiro atoms. The molecule has 1 aromatic carbocycles. The molecule has 8 nitrogen and oxygen atoms in total. The van der Waals surface area contributed by atoms with Crippen molar-refractivity contribution in [3.05, 3.63) is 53.4 Å². The number of esters is 1. The van der Waals surface area contributed by atoms with Gasteiger partial charge in [0.2, 0.25) is 5.91 Å². The van der Waals surface area contributed by atoms with E-state index in [2.05, 4.69) is 15.6 Å². The monoisotopic (exact) mass is 500 g/mol. The molecule has 1 fully saturated rings. The predicted molar refractivity (Wildman–Crippen MR) is 132 cm³/mol. The smallest absolute Gasteiger partial charge is 0.356 e. The Hall–Kier alpha value is -3.53. The number of rotatable bonds is 9. The summed E-state index contributed by atoms with van der Waals surface area (Å²) in [6.45, 7) is 4.59. The van der Waals surface area contributed by atoms with Crippen LogP contribution in [-0.2, 0) is 27.4 Å². The highest BCUT2D eigenvalue weighted by Crippen LogP contribution is 2.34. The summed E-state index contributed by atoms with van der Waals surface area (Å²) in [5.74, 6) is -2.47. The number of carbonyl (C=O) groups is 2. The minimum absolute atomic E-state index is 0.103. The molecular weight excluding hydrogens is 470 g/mol. The normalized spacial score (nSPS) is 16.2. The Bertz CT molecular complexity index is 1250. The summed E-state index contributed by atoms with van der Waals surface area (Å²) < 4.78 is 40.7. The molecule has 36 heavy (non-hydrogen) atoms. The average Bonchev–Trinajstić information content (AvgIpc) is 3.49. The zero-order valence-corrected chi connectivity index (χ0v) is 20.6. The van der Waals surface area contributed by atoms with Crippen molar-refractivity contribution >= 4 is 34.3 Å². The molecule has 10 heteroatoms. The van der Waals surface area contributed by atoms with E-state index in [1.165, 1.54) is 31.5 Å². The largest absolute Gasteiger partial charge is 0.464 e. The summed E-state index contributed by atoms with van der Waals surface area (Å²) in [5.41, 5.74) is 1.29. The van der Waals surface area contributed by atoms with E-state index in [4.69, 9.17) is 9.47 Å². The number of benzene rings is 1. The number of hydrogen-bond donors (Lipinski definition) is 2. The highest BCUT2D eigenvalue weighted by molar-refractivity contribution is 6.11. The maximum Gasteiger partial charge on any atom is 0.356 e. The van der Waals surface area contributed by atoms with Crippen LogP contribution in [0.25, 0.3) is 11.0 Å². The fraction of sp³-hybridized carbons (Fsp3) is 0.423. The number of fused-ring (bicyclic) bond motifs is 1. The summed E-state index contributed by atoms with van der Waals surface area (Å²) >= 11 is 0. The van der Waals surface area contributed by atoms with Crippen LogP contribution in [0.5, 0.6) is 0 Å². The van der Waals surface area contributed by atoms with Crippen molar-refractivity contribution in [1.82, 2.24) is 9.55 Å². The SMILES string of the molecule is CCC(C)C(=O)Nc1c(C(=O)OC)n(CC2CCCO2)c2ncc(NCc3c(F)cccc3F)cc12.